The van der Waals surface area contributed by atoms with Crippen molar-refractivity contribution in [2.45, 2.75) is 64.2 Å². The van der Waals surface area contributed by atoms with Crippen molar-refractivity contribution in [2.75, 3.05) is 26.2 Å². The lowest BCUT2D eigenvalue weighted by Crippen LogP contribution is -2.53. The predicted octanol–water partition coefficient (Wildman–Crippen LogP) is 1.55. The molecule has 0 aromatic rings. The molecule has 5 heteroatoms. The molecule has 4 atom stereocenters. The number of nitrogens with zero attached hydrogens (tertiary/aromatic N) is 1. The van der Waals surface area contributed by atoms with E-state index in [2.05, 4.69) is 18.7 Å². The van der Waals surface area contributed by atoms with Crippen molar-refractivity contribution in [1.82, 2.24) is 4.90 Å². The van der Waals surface area contributed by atoms with Crippen molar-refractivity contribution in [1.29, 1.82) is 0 Å². The molecule has 1 saturated heterocycles. The third-order valence-electron chi connectivity index (χ3n) is 4.82. The zero-order chi connectivity index (χ0) is 15.5. The number of carbonyl (C=O) groups excluding carboxylic acids is 1. The maximum absolute atomic E-state index is 12.2. The number of ether oxygens (including phenoxy) is 2. The summed E-state index contributed by atoms with van der Waals surface area (Å²) in [4.78, 5) is 14.6. The molecule has 5 nitrogen and oxygen atoms in total. The SMILES string of the molecule is CCOC(=O)C1(N)CCCC1CCN1C[C@@H](C)O[C@@H](C)C1. The number of carbonyl (C=O) groups is 1. The summed E-state index contributed by atoms with van der Waals surface area (Å²) in [5.74, 6) is 0.0289. The van der Waals surface area contributed by atoms with Crippen LogP contribution < -0.4 is 5.73 Å². The number of hydrogen-bond donors (Lipinski definition) is 1. The first-order chi connectivity index (χ1) is 9.95. The summed E-state index contributed by atoms with van der Waals surface area (Å²) in [5.41, 5.74) is 5.62. The number of hydrogen-bond acceptors (Lipinski definition) is 5. The average molecular weight is 298 g/mol. The highest BCUT2D eigenvalue weighted by Crippen LogP contribution is 2.37. The lowest BCUT2D eigenvalue weighted by Gasteiger charge is -2.37. The van der Waals surface area contributed by atoms with E-state index in [0.717, 1.165) is 45.3 Å². The first kappa shape index (κ1) is 16.7. The van der Waals surface area contributed by atoms with Crippen LogP contribution in [0.2, 0.25) is 0 Å². The molecule has 0 aromatic heterocycles. The lowest BCUT2D eigenvalue weighted by atomic mass is 9.85. The Bertz CT molecular complexity index is 353. The highest BCUT2D eigenvalue weighted by atomic mass is 16.5. The van der Waals surface area contributed by atoms with Crippen LogP contribution in [0.4, 0.5) is 0 Å². The maximum Gasteiger partial charge on any atom is 0.326 e. The van der Waals surface area contributed by atoms with E-state index in [-0.39, 0.29) is 24.1 Å². The second kappa shape index (κ2) is 7.07. The summed E-state index contributed by atoms with van der Waals surface area (Å²) < 4.78 is 10.9. The molecule has 0 radical (unpaired) electrons. The fourth-order valence-corrected chi connectivity index (χ4v) is 3.84. The van der Waals surface area contributed by atoms with E-state index in [0.29, 0.717) is 6.61 Å². The normalized spacial score (nSPS) is 37.6. The monoisotopic (exact) mass is 298 g/mol. The second-order valence-corrected chi connectivity index (χ2v) is 6.66. The van der Waals surface area contributed by atoms with Crippen LogP contribution in [0, 0.1) is 5.92 Å². The molecule has 0 bridgehead atoms. The van der Waals surface area contributed by atoms with Crippen molar-refractivity contribution in [3.63, 3.8) is 0 Å². The molecule has 1 heterocycles. The van der Waals surface area contributed by atoms with Crippen LogP contribution in [0.1, 0.15) is 46.5 Å². The second-order valence-electron chi connectivity index (χ2n) is 6.66. The van der Waals surface area contributed by atoms with Gasteiger partial charge in [-0.3, -0.25) is 9.69 Å². The van der Waals surface area contributed by atoms with E-state index in [1.54, 1.807) is 0 Å². The molecule has 2 fully saturated rings. The number of morpholine rings is 1. The third kappa shape index (κ3) is 3.96. The van der Waals surface area contributed by atoms with Gasteiger partial charge in [0.15, 0.2) is 0 Å². The van der Waals surface area contributed by atoms with E-state index in [1.165, 1.54) is 0 Å². The fourth-order valence-electron chi connectivity index (χ4n) is 3.84. The van der Waals surface area contributed by atoms with Gasteiger partial charge in [0.25, 0.3) is 0 Å². The van der Waals surface area contributed by atoms with Crippen LogP contribution in [0.25, 0.3) is 0 Å². The Kier molecular flexibility index (Phi) is 5.63. The van der Waals surface area contributed by atoms with Crippen molar-refractivity contribution < 1.29 is 14.3 Å². The maximum atomic E-state index is 12.2. The van der Waals surface area contributed by atoms with Crippen LogP contribution in [-0.4, -0.2) is 54.9 Å². The smallest absolute Gasteiger partial charge is 0.326 e. The van der Waals surface area contributed by atoms with Gasteiger partial charge in [0.2, 0.25) is 0 Å². The molecular weight excluding hydrogens is 268 g/mol. The number of rotatable bonds is 5. The van der Waals surface area contributed by atoms with Crippen LogP contribution in [-0.2, 0) is 14.3 Å². The van der Waals surface area contributed by atoms with Crippen LogP contribution in [0.15, 0.2) is 0 Å². The lowest BCUT2D eigenvalue weighted by molar-refractivity contribution is -0.151. The molecule has 2 N–H and O–H groups in total. The van der Waals surface area contributed by atoms with Gasteiger partial charge in [-0.1, -0.05) is 6.42 Å². The summed E-state index contributed by atoms with van der Waals surface area (Å²) in [6.07, 6.45) is 4.34. The quantitative estimate of drug-likeness (QED) is 0.780. The largest absolute Gasteiger partial charge is 0.465 e. The topological polar surface area (TPSA) is 64.8 Å². The average Bonchev–Trinajstić information content (AvgIpc) is 2.78. The van der Waals surface area contributed by atoms with E-state index in [1.807, 2.05) is 6.92 Å². The predicted molar refractivity (Wildman–Crippen MR) is 82.0 cm³/mol. The van der Waals surface area contributed by atoms with Crippen molar-refractivity contribution >= 4 is 5.97 Å². The Balaban J connectivity index is 1.88. The standard InChI is InChI=1S/C16H30N2O3/c1-4-20-15(19)16(17)8-5-6-14(16)7-9-18-10-12(2)21-13(3)11-18/h12-14H,4-11,17H2,1-3H3/t12-,13+,14?,16?. The molecule has 2 unspecified atom stereocenters. The number of nitrogens with two attached hydrogens (primary N) is 1. The summed E-state index contributed by atoms with van der Waals surface area (Å²) >= 11 is 0. The molecule has 0 spiro atoms. The number of esters is 1. The molecule has 122 valence electrons. The van der Waals surface area contributed by atoms with Gasteiger partial charge in [0.05, 0.1) is 18.8 Å². The van der Waals surface area contributed by atoms with Crippen LogP contribution >= 0.6 is 0 Å². The highest BCUT2D eigenvalue weighted by Gasteiger charge is 2.46. The van der Waals surface area contributed by atoms with E-state index < -0.39 is 5.54 Å². The van der Waals surface area contributed by atoms with Gasteiger partial charge in [0, 0.05) is 13.1 Å². The Morgan fingerprint density at radius 2 is 2.05 bits per heavy atom. The molecule has 1 saturated carbocycles. The Hall–Kier alpha value is -0.650. The van der Waals surface area contributed by atoms with Crippen molar-refractivity contribution in [3.05, 3.63) is 0 Å². The van der Waals surface area contributed by atoms with Gasteiger partial charge in [-0.05, 0) is 52.5 Å². The molecule has 2 rings (SSSR count). The van der Waals surface area contributed by atoms with Crippen LogP contribution in [0.5, 0.6) is 0 Å². The van der Waals surface area contributed by atoms with Crippen molar-refractivity contribution in [2.24, 2.45) is 11.7 Å². The minimum absolute atomic E-state index is 0.212. The molecule has 0 aromatic carbocycles. The van der Waals surface area contributed by atoms with Gasteiger partial charge in [-0.25, -0.2) is 0 Å². The van der Waals surface area contributed by atoms with Crippen molar-refractivity contribution in [3.8, 4) is 0 Å². The minimum atomic E-state index is -0.764. The van der Waals surface area contributed by atoms with Gasteiger partial charge in [0.1, 0.15) is 5.54 Å². The summed E-state index contributed by atoms with van der Waals surface area (Å²) in [6, 6.07) is 0. The van der Waals surface area contributed by atoms with E-state index >= 15 is 0 Å². The highest BCUT2D eigenvalue weighted by molar-refractivity contribution is 5.81. The van der Waals surface area contributed by atoms with Crippen LogP contribution in [0.3, 0.4) is 0 Å². The van der Waals surface area contributed by atoms with Gasteiger partial charge in [-0.15, -0.1) is 0 Å². The van der Waals surface area contributed by atoms with Gasteiger partial charge < -0.3 is 15.2 Å². The fraction of sp³-hybridized carbons (Fsp3) is 0.938. The molecule has 1 aliphatic heterocycles. The molecule has 0 amide bonds. The Morgan fingerprint density at radius 1 is 1.38 bits per heavy atom. The Morgan fingerprint density at radius 3 is 2.67 bits per heavy atom. The van der Waals surface area contributed by atoms with Gasteiger partial charge in [-0.2, -0.15) is 0 Å². The minimum Gasteiger partial charge on any atom is -0.465 e. The Labute approximate surface area is 128 Å². The zero-order valence-electron chi connectivity index (χ0n) is 13.6. The summed E-state index contributed by atoms with van der Waals surface area (Å²) in [6.45, 7) is 9.39. The molecule has 1 aliphatic carbocycles. The zero-order valence-corrected chi connectivity index (χ0v) is 13.6. The first-order valence-electron chi connectivity index (χ1n) is 8.29. The molecule has 21 heavy (non-hydrogen) atoms. The van der Waals surface area contributed by atoms with E-state index in [4.69, 9.17) is 15.2 Å². The molecular formula is C16H30N2O3. The molecule has 2 aliphatic rings. The summed E-state index contributed by atoms with van der Waals surface area (Å²) in [5, 5.41) is 0. The third-order valence-corrected chi connectivity index (χ3v) is 4.82. The first-order valence-corrected chi connectivity index (χ1v) is 8.29. The van der Waals surface area contributed by atoms with E-state index in [9.17, 15) is 4.79 Å². The summed E-state index contributed by atoms with van der Waals surface area (Å²) in [7, 11) is 0. The van der Waals surface area contributed by atoms with Gasteiger partial charge >= 0.3 is 5.97 Å².